The van der Waals surface area contributed by atoms with E-state index in [4.69, 9.17) is 0 Å². The first-order chi connectivity index (χ1) is 16.6. The zero-order valence-electron chi connectivity index (χ0n) is 18.6. The van der Waals surface area contributed by atoms with Gasteiger partial charge in [-0.25, -0.2) is 0 Å². The number of amides is 2. The lowest BCUT2D eigenvalue weighted by Gasteiger charge is -2.30. The van der Waals surface area contributed by atoms with Crippen molar-refractivity contribution in [2.75, 3.05) is 19.6 Å². The Morgan fingerprint density at radius 3 is 2.65 bits per heavy atom. The van der Waals surface area contributed by atoms with Crippen LogP contribution in [0, 0.1) is 5.92 Å². The number of benzene rings is 2. The van der Waals surface area contributed by atoms with Gasteiger partial charge in [0.25, 0.3) is 11.8 Å². The second-order valence-corrected chi connectivity index (χ2v) is 8.72. The molecule has 2 amide bonds. The average molecular weight is 463 g/mol. The molecule has 0 atom stereocenters. The second-order valence-electron chi connectivity index (χ2n) is 8.72. The zero-order chi connectivity index (χ0) is 23.5. The van der Waals surface area contributed by atoms with Crippen molar-refractivity contribution in [2.45, 2.75) is 32.1 Å². The molecule has 0 aliphatic heterocycles. The summed E-state index contributed by atoms with van der Waals surface area (Å²) in [5.41, 5.74) is 3.13. The number of nitrogens with one attached hydrogen (secondary N) is 2. The van der Waals surface area contributed by atoms with Gasteiger partial charge in [0.2, 0.25) is 0 Å². The number of carbonyl (C=O) groups excluding carboxylic acids is 2. The van der Waals surface area contributed by atoms with Crippen LogP contribution in [0.5, 0.6) is 0 Å². The largest absolute Gasteiger partial charge is 0.410 e. The van der Waals surface area contributed by atoms with E-state index in [1.807, 2.05) is 4.90 Å². The molecule has 5 rings (SSSR count). The number of nitrogens with zero attached hydrogens (tertiary/aromatic N) is 6. The minimum atomic E-state index is -0.294. The third-order valence-corrected chi connectivity index (χ3v) is 6.41. The number of hydrogen-bond donors (Lipinski definition) is 3. The van der Waals surface area contributed by atoms with E-state index in [9.17, 15) is 14.8 Å². The maximum Gasteiger partial charge on any atom is 0.254 e. The molecule has 11 heteroatoms. The number of H-pyrrole nitrogens is 1. The first-order valence-electron chi connectivity index (χ1n) is 11.5. The minimum absolute atomic E-state index is 0.0820. The summed E-state index contributed by atoms with van der Waals surface area (Å²) in [6.45, 7) is 1.35. The molecule has 11 nitrogen and oxygen atoms in total. The lowest BCUT2D eigenvalue weighted by molar-refractivity contribution is 0.0708. The van der Waals surface area contributed by atoms with E-state index in [1.165, 1.54) is 25.3 Å². The highest BCUT2D eigenvalue weighted by molar-refractivity contribution is 5.98. The molecule has 4 aromatic rings. The Bertz CT molecular complexity index is 1320. The molecule has 0 bridgehead atoms. The lowest BCUT2D eigenvalue weighted by Crippen LogP contribution is -2.41. The molecular weight excluding hydrogens is 436 g/mol. The second kappa shape index (κ2) is 9.46. The van der Waals surface area contributed by atoms with Crippen molar-refractivity contribution >= 4 is 33.9 Å². The van der Waals surface area contributed by atoms with Crippen LogP contribution in [-0.2, 0) is 0 Å². The minimum Gasteiger partial charge on any atom is -0.410 e. The number of hydrogen-bond acceptors (Lipinski definition) is 7. The molecule has 1 fully saturated rings. The Morgan fingerprint density at radius 1 is 1.03 bits per heavy atom. The van der Waals surface area contributed by atoms with Crippen LogP contribution in [-0.4, -0.2) is 72.1 Å². The normalized spacial score (nSPS) is 14.5. The molecule has 0 radical (unpaired) electrons. The van der Waals surface area contributed by atoms with E-state index in [0.29, 0.717) is 63.6 Å². The summed E-state index contributed by atoms with van der Waals surface area (Å²) in [7, 11) is 0. The number of carbonyl (C=O) groups is 2. The maximum atomic E-state index is 13.4. The van der Waals surface area contributed by atoms with Gasteiger partial charge in [-0.1, -0.05) is 24.1 Å². The summed E-state index contributed by atoms with van der Waals surface area (Å²) in [6, 6.07) is 10.1. The summed E-state index contributed by atoms with van der Waals surface area (Å²) in [5.74, 6) is 0.0857. The summed E-state index contributed by atoms with van der Waals surface area (Å²) in [6.07, 6.45) is 5.85. The van der Waals surface area contributed by atoms with Crippen molar-refractivity contribution in [2.24, 2.45) is 5.92 Å². The van der Waals surface area contributed by atoms with Gasteiger partial charge >= 0.3 is 0 Å². The first-order valence-corrected chi connectivity index (χ1v) is 11.5. The molecule has 3 N–H and O–H groups in total. The van der Waals surface area contributed by atoms with Crippen LogP contribution in [0.25, 0.3) is 22.1 Å². The van der Waals surface area contributed by atoms with Crippen LogP contribution in [0.2, 0.25) is 0 Å². The van der Waals surface area contributed by atoms with Crippen molar-refractivity contribution in [3.8, 4) is 0 Å². The van der Waals surface area contributed by atoms with E-state index in [1.54, 1.807) is 30.3 Å². The van der Waals surface area contributed by atoms with E-state index < -0.39 is 0 Å². The van der Waals surface area contributed by atoms with Crippen LogP contribution < -0.4 is 5.32 Å². The number of fused-ring (bicyclic) bond motifs is 2. The van der Waals surface area contributed by atoms with Gasteiger partial charge in [0.1, 0.15) is 22.1 Å². The van der Waals surface area contributed by atoms with E-state index in [0.717, 1.165) is 12.8 Å². The fourth-order valence-electron chi connectivity index (χ4n) is 4.57. The molecule has 1 aliphatic rings. The predicted molar refractivity (Wildman–Crippen MR) is 123 cm³/mol. The maximum absolute atomic E-state index is 13.4. The topological polar surface area (TPSA) is 142 Å². The van der Waals surface area contributed by atoms with Crippen LogP contribution in [0.1, 0.15) is 52.8 Å². The lowest BCUT2D eigenvalue weighted by atomic mass is 9.89. The van der Waals surface area contributed by atoms with E-state index >= 15 is 0 Å². The van der Waals surface area contributed by atoms with Gasteiger partial charge in [0, 0.05) is 30.8 Å². The number of aromatic amines is 1. The SMILES string of the molecule is O=C(NCCN(CC1CCCCC1)C(=O)c1ccc2n[nH]nc2c1)c1ccc2nnn(O)c2c1. The first kappa shape index (κ1) is 21.8. The predicted octanol–water partition coefficient (Wildman–Crippen LogP) is 2.39. The van der Waals surface area contributed by atoms with E-state index in [2.05, 4.69) is 31.0 Å². The quantitative estimate of drug-likeness (QED) is 0.358. The summed E-state index contributed by atoms with van der Waals surface area (Å²) >= 11 is 0. The van der Waals surface area contributed by atoms with Gasteiger partial charge in [-0.15, -0.1) is 5.10 Å². The molecular formula is C23H26N8O3. The Labute approximate surface area is 195 Å². The van der Waals surface area contributed by atoms with Crippen molar-refractivity contribution in [3.05, 3.63) is 47.5 Å². The third kappa shape index (κ3) is 4.54. The molecule has 2 heterocycles. The summed E-state index contributed by atoms with van der Waals surface area (Å²) in [4.78, 5) is 28.5. The Hall–Kier alpha value is -4.02. The highest BCUT2D eigenvalue weighted by atomic mass is 16.5. The van der Waals surface area contributed by atoms with Gasteiger partial charge in [-0.3, -0.25) is 9.59 Å². The molecule has 0 unspecified atom stereocenters. The van der Waals surface area contributed by atoms with Gasteiger partial charge in [0.05, 0.1) is 0 Å². The molecule has 1 saturated carbocycles. The van der Waals surface area contributed by atoms with Crippen LogP contribution in [0.4, 0.5) is 0 Å². The highest BCUT2D eigenvalue weighted by Gasteiger charge is 2.23. The molecule has 2 aromatic carbocycles. The molecule has 0 spiro atoms. The average Bonchev–Trinajstić information content (AvgIpc) is 3.49. The monoisotopic (exact) mass is 462 g/mol. The highest BCUT2D eigenvalue weighted by Crippen LogP contribution is 2.25. The van der Waals surface area contributed by atoms with Crippen LogP contribution >= 0.6 is 0 Å². The third-order valence-electron chi connectivity index (χ3n) is 6.41. The fourth-order valence-corrected chi connectivity index (χ4v) is 4.57. The van der Waals surface area contributed by atoms with Crippen molar-refractivity contribution < 1.29 is 14.8 Å². The Kier molecular flexibility index (Phi) is 6.07. The molecule has 0 saturated heterocycles. The summed E-state index contributed by atoms with van der Waals surface area (Å²) in [5, 5.41) is 30.6. The zero-order valence-corrected chi connectivity index (χ0v) is 18.6. The van der Waals surface area contributed by atoms with Gasteiger partial charge in [0.15, 0.2) is 0 Å². The molecule has 2 aromatic heterocycles. The number of rotatable bonds is 7. The molecule has 176 valence electrons. The summed E-state index contributed by atoms with van der Waals surface area (Å²) < 4.78 is 0. The van der Waals surface area contributed by atoms with Crippen molar-refractivity contribution in [3.63, 3.8) is 0 Å². The molecule has 34 heavy (non-hydrogen) atoms. The number of aromatic nitrogens is 6. The van der Waals surface area contributed by atoms with Crippen LogP contribution in [0.3, 0.4) is 0 Å². The Balaban J connectivity index is 1.27. The van der Waals surface area contributed by atoms with Gasteiger partial charge in [-0.05, 0) is 60.4 Å². The van der Waals surface area contributed by atoms with Gasteiger partial charge in [-0.2, -0.15) is 15.4 Å². The van der Waals surface area contributed by atoms with Crippen molar-refractivity contribution in [1.29, 1.82) is 0 Å². The van der Waals surface area contributed by atoms with E-state index in [-0.39, 0.29) is 11.8 Å². The molecule has 1 aliphatic carbocycles. The standard InChI is InChI=1S/C23H26N8O3/c32-22(16-6-9-19-21(13-16)31(34)29-27-19)24-10-11-30(14-15-4-2-1-3-5-15)23(33)17-7-8-18-20(12-17)26-28-25-18/h6-9,12-13,15,34H,1-5,10-11,14H2,(H,24,32)(H,25,26,28). The van der Waals surface area contributed by atoms with Gasteiger partial charge < -0.3 is 15.4 Å². The fraction of sp³-hybridized carbons (Fsp3) is 0.391. The van der Waals surface area contributed by atoms with Crippen LogP contribution in [0.15, 0.2) is 36.4 Å². The Morgan fingerprint density at radius 2 is 1.79 bits per heavy atom. The van der Waals surface area contributed by atoms with Crippen molar-refractivity contribution in [1.82, 2.24) is 40.8 Å². The smallest absolute Gasteiger partial charge is 0.254 e.